The Kier molecular flexibility index (Phi) is 5.64. The average Bonchev–Trinajstić information content (AvgIpc) is 3.28. The summed E-state index contributed by atoms with van der Waals surface area (Å²) in [5.74, 6) is 1.23. The Morgan fingerprint density at radius 1 is 1.06 bits per heavy atom. The van der Waals surface area contributed by atoms with E-state index in [-0.39, 0.29) is 11.9 Å². The molecule has 0 amide bonds. The van der Waals surface area contributed by atoms with E-state index in [4.69, 9.17) is 4.74 Å². The zero-order chi connectivity index (χ0) is 21.9. The summed E-state index contributed by atoms with van der Waals surface area (Å²) in [6.07, 6.45) is 8.50. The molecule has 0 radical (unpaired) electrons. The van der Waals surface area contributed by atoms with Gasteiger partial charge in [0.25, 0.3) is 0 Å². The van der Waals surface area contributed by atoms with Crippen LogP contribution in [0.5, 0.6) is 5.75 Å². The zero-order valence-corrected chi connectivity index (χ0v) is 17.8. The molecule has 1 aliphatic carbocycles. The van der Waals surface area contributed by atoms with Gasteiger partial charge < -0.3 is 10.1 Å². The monoisotopic (exact) mass is 429 g/mol. The van der Waals surface area contributed by atoms with Gasteiger partial charge in [-0.15, -0.1) is 0 Å². The molecule has 0 spiro atoms. The summed E-state index contributed by atoms with van der Waals surface area (Å²) in [6.45, 7) is 0.651. The molecule has 0 saturated heterocycles. The maximum atomic E-state index is 14.3. The van der Waals surface area contributed by atoms with Crippen molar-refractivity contribution >= 4 is 0 Å². The number of fused-ring (bicyclic) bond motifs is 1. The Labute approximate surface area is 186 Å². The molecule has 5 rings (SSSR count). The van der Waals surface area contributed by atoms with Crippen molar-refractivity contribution in [3.05, 3.63) is 89.8 Å². The fourth-order valence-corrected chi connectivity index (χ4v) is 4.18. The van der Waals surface area contributed by atoms with Crippen LogP contribution in [0.2, 0.25) is 0 Å². The van der Waals surface area contributed by atoms with Gasteiger partial charge in [-0.2, -0.15) is 5.10 Å². The first-order valence-corrected chi connectivity index (χ1v) is 10.7. The highest BCUT2D eigenvalue weighted by Crippen LogP contribution is 2.31. The molecule has 162 valence electrons. The van der Waals surface area contributed by atoms with Crippen LogP contribution in [0.4, 0.5) is 4.39 Å². The van der Waals surface area contributed by atoms with Crippen LogP contribution < -0.4 is 10.1 Å². The van der Waals surface area contributed by atoms with Crippen LogP contribution in [0.1, 0.15) is 35.7 Å². The molecule has 2 heterocycles. The number of nitrogens with zero attached hydrogens (tertiary/aromatic N) is 4. The van der Waals surface area contributed by atoms with E-state index >= 15 is 0 Å². The van der Waals surface area contributed by atoms with E-state index in [0.717, 1.165) is 47.4 Å². The third kappa shape index (κ3) is 3.99. The molecule has 0 fully saturated rings. The highest BCUT2D eigenvalue weighted by molar-refractivity contribution is 5.55. The van der Waals surface area contributed by atoms with Gasteiger partial charge in [-0.05, 0) is 55.7 Å². The summed E-state index contributed by atoms with van der Waals surface area (Å²) in [4.78, 5) is 9.03. The van der Waals surface area contributed by atoms with E-state index < -0.39 is 0 Å². The van der Waals surface area contributed by atoms with E-state index in [1.165, 1.54) is 6.07 Å². The minimum atomic E-state index is -0.261. The summed E-state index contributed by atoms with van der Waals surface area (Å²) < 4.78 is 21.2. The number of ether oxygens (including phenoxy) is 1. The number of methoxy groups -OCH3 is 1. The van der Waals surface area contributed by atoms with Gasteiger partial charge >= 0.3 is 0 Å². The number of hydrogen-bond donors (Lipinski definition) is 1. The number of nitrogens with one attached hydrogen (secondary N) is 1. The van der Waals surface area contributed by atoms with Crippen LogP contribution in [0.15, 0.2) is 67.1 Å². The summed E-state index contributed by atoms with van der Waals surface area (Å²) in [6, 6.07) is 14.6. The lowest BCUT2D eigenvalue weighted by Crippen LogP contribution is -2.25. The lowest BCUT2D eigenvalue weighted by molar-refractivity contribution is 0.415. The van der Waals surface area contributed by atoms with Crippen LogP contribution in [0.3, 0.4) is 0 Å². The molecule has 7 heteroatoms. The number of para-hydroxylation sites is 1. The van der Waals surface area contributed by atoms with Crippen LogP contribution in [0, 0.1) is 5.82 Å². The van der Waals surface area contributed by atoms with Gasteiger partial charge in [0.15, 0.2) is 5.82 Å². The van der Waals surface area contributed by atoms with Crippen molar-refractivity contribution in [1.29, 1.82) is 0 Å². The van der Waals surface area contributed by atoms with E-state index in [2.05, 4.69) is 20.4 Å². The average molecular weight is 429 g/mol. The van der Waals surface area contributed by atoms with Gasteiger partial charge in [0.2, 0.25) is 0 Å². The van der Waals surface area contributed by atoms with Crippen molar-refractivity contribution in [1.82, 2.24) is 25.1 Å². The van der Waals surface area contributed by atoms with Crippen LogP contribution in [-0.2, 0) is 13.0 Å². The van der Waals surface area contributed by atoms with Gasteiger partial charge in [-0.25, -0.2) is 19.0 Å². The van der Waals surface area contributed by atoms with Crippen molar-refractivity contribution in [2.75, 3.05) is 7.11 Å². The fourth-order valence-electron chi connectivity index (χ4n) is 4.18. The minimum Gasteiger partial charge on any atom is -0.497 e. The molecule has 0 unspecified atom stereocenters. The molecule has 6 nitrogen and oxygen atoms in total. The predicted molar refractivity (Wildman–Crippen MR) is 120 cm³/mol. The smallest absolute Gasteiger partial charge is 0.159 e. The second-order valence-electron chi connectivity index (χ2n) is 7.88. The maximum absolute atomic E-state index is 14.3. The van der Waals surface area contributed by atoms with Crippen molar-refractivity contribution in [3.8, 4) is 22.8 Å². The Hall–Kier alpha value is -3.58. The third-order valence-corrected chi connectivity index (χ3v) is 5.87. The Balaban J connectivity index is 1.29. The largest absolute Gasteiger partial charge is 0.497 e. The zero-order valence-electron chi connectivity index (χ0n) is 17.8. The molecule has 1 atom stereocenters. The first-order valence-electron chi connectivity index (χ1n) is 10.7. The molecular weight excluding hydrogens is 405 g/mol. The molecule has 2 aromatic heterocycles. The molecular formula is C25H24FN5O. The molecule has 1 N–H and O–H groups in total. The number of hydrogen-bond acceptors (Lipinski definition) is 5. The van der Waals surface area contributed by atoms with Crippen LogP contribution in [-0.4, -0.2) is 26.9 Å². The quantitative estimate of drug-likeness (QED) is 0.484. The summed E-state index contributed by atoms with van der Waals surface area (Å²) in [5.41, 5.74) is 4.66. The van der Waals surface area contributed by atoms with Crippen LogP contribution >= 0.6 is 0 Å². The van der Waals surface area contributed by atoms with E-state index in [9.17, 15) is 4.39 Å². The van der Waals surface area contributed by atoms with Crippen molar-refractivity contribution in [2.24, 2.45) is 0 Å². The Bertz CT molecular complexity index is 1200. The van der Waals surface area contributed by atoms with Gasteiger partial charge in [-0.1, -0.05) is 12.1 Å². The van der Waals surface area contributed by atoms with Gasteiger partial charge in [0.1, 0.15) is 17.3 Å². The van der Waals surface area contributed by atoms with Crippen LogP contribution in [0.25, 0.3) is 17.1 Å². The molecule has 2 aromatic carbocycles. The third-order valence-electron chi connectivity index (χ3n) is 5.87. The topological polar surface area (TPSA) is 64.9 Å². The number of aromatic nitrogens is 4. The lowest BCUT2D eigenvalue weighted by Gasteiger charge is -2.24. The number of rotatable bonds is 6. The highest BCUT2D eigenvalue weighted by Gasteiger charge is 2.25. The normalized spacial score (nSPS) is 15.4. The second kappa shape index (κ2) is 8.88. The molecule has 0 aliphatic heterocycles. The van der Waals surface area contributed by atoms with Crippen molar-refractivity contribution in [2.45, 2.75) is 31.8 Å². The van der Waals surface area contributed by atoms with E-state index in [0.29, 0.717) is 18.1 Å². The Morgan fingerprint density at radius 3 is 2.59 bits per heavy atom. The molecule has 32 heavy (non-hydrogen) atoms. The molecule has 4 aromatic rings. The predicted octanol–water partition coefficient (Wildman–Crippen LogP) is 4.64. The van der Waals surface area contributed by atoms with E-state index in [1.54, 1.807) is 23.9 Å². The maximum Gasteiger partial charge on any atom is 0.159 e. The summed E-state index contributed by atoms with van der Waals surface area (Å²) >= 11 is 0. The Morgan fingerprint density at radius 2 is 1.84 bits per heavy atom. The van der Waals surface area contributed by atoms with Crippen molar-refractivity contribution < 1.29 is 9.13 Å². The first-order chi connectivity index (χ1) is 15.7. The molecule has 0 bridgehead atoms. The number of benzene rings is 2. The van der Waals surface area contributed by atoms with E-state index in [1.807, 2.05) is 48.9 Å². The molecule has 0 saturated carbocycles. The standard InChI is InChI=1S/C25H24FN5O/c1-32-19-11-9-18(10-12-19)25-28-14-17(15-29-25)13-27-22-6-4-8-23-20(22)16-30-31(23)24-7-3-2-5-21(24)26/h2-3,5,7,9-12,14-16,22,27H,4,6,8,13H2,1H3/t22-/m0/s1. The SMILES string of the molecule is COc1ccc(-c2ncc(CN[C@H]3CCCc4c3cnn4-c3ccccc3F)cn2)cc1. The fraction of sp³-hybridized carbons (Fsp3) is 0.240. The van der Waals surface area contributed by atoms with Gasteiger partial charge in [0.05, 0.1) is 13.3 Å². The summed E-state index contributed by atoms with van der Waals surface area (Å²) in [7, 11) is 1.65. The lowest BCUT2D eigenvalue weighted by atomic mass is 9.92. The van der Waals surface area contributed by atoms with Gasteiger partial charge in [-0.3, -0.25) is 0 Å². The van der Waals surface area contributed by atoms with Crippen molar-refractivity contribution in [3.63, 3.8) is 0 Å². The highest BCUT2D eigenvalue weighted by atomic mass is 19.1. The minimum absolute atomic E-state index is 0.167. The second-order valence-corrected chi connectivity index (χ2v) is 7.88. The number of halogens is 1. The summed E-state index contributed by atoms with van der Waals surface area (Å²) in [5, 5.41) is 8.10. The van der Waals surface area contributed by atoms with Gasteiger partial charge in [0, 0.05) is 47.4 Å². The first kappa shape index (κ1) is 20.3. The molecule has 1 aliphatic rings.